The number of Topliss-reactive ketones (excluding diaryl/α,β-unsaturated/α-hetero) is 1. The van der Waals surface area contributed by atoms with Gasteiger partial charge in [0.1, 0.15) is 33.6 Å². The number of nitrogens with one attached hydrogen (secondary N) is 1. The van der Waals surface area contributed by atoms with E-state index in [1.807, 2.05) is 0 Å². The fraction of sp³-hybridized carbons (Fsp3) is 0.588. The number of halogens is 1. The van der Waals surface area contributed by atoms with Crippen molar-refractivity contribution in [1.29, 1.82) is 0 Å². The Labute approximate surface area is 300 Å². The second kappa shape index (κ2) is 15.3. The number of aliphatic hydroxyl groups is 1. The van der Waals surface area contributed by atoms with Gasteiger partial charge in [-0.2, -0.15) is 0 Å². The SMILES string of the molecule is CC(C)(O)c1cnnn1[C@H]1C[C@@H](C(=O)NC2(C(=O)C(N)=O)CCOCC2)N(C(=O)/C(CC2CCCCC2)=N/C(=O)c2ccc(S(C)(=O)=O)c(F)c2)C1. The summed E-state index contributed by atoms with van der Waals surface area (Å²) in [5, 5.41) is 21.6. The Balaban J connectivity index is 1.54. The van der Waals surface area contributed by atoms with Crippen molar-refractivity contribution in [3.8, 4) is 0 Å². The van der Waals surface area contributed by atoms with E-state index in [-0.39, 0.29) is 62.6 Å². The van der Waals surface area contributed by atoms with Crippen molar-refractivity contribution in [2.75, 3.05) is 26.0 Å². The van der Waals surface area contributed by atoms with Gasteiger partial charge in [0.2, 0.25) is 11.7 Å². The monoisotopic (exact) mass is 745 g/mol. The van der Waals surface area contributed by atoms with Crippen LogP contribution in [0.25, 0.3) is 0 Å². The zero-order valence-corrected chi connectivity index (χ0v) is 30.2. The molecule has 1 aliphatic carbocycles. The van der Waals surface area contributed by atoms with Crippen LogP contribution < -0.4 is 11.1 Å². The molecular weight excluding hydrogens is 701 g/mol. The minimum atomic E-state index is -3.92. The van der Waals surface area contributed by atoms with E-state index in [9.17, 15) is 41.9 Å². The third-order valence-corrected chi connectivity index (χ3v) is 11.2. The van der Waals surface area contributed by atoms with Gasteiger partial charge in [-0.1, -0.05) is 37.3 Å². The Morgan fingerprint density at radius 1 is 1.13 bits per heavy atom. The number of primary amides is 1. The lowest BCUT2D eigenvalue weighted by atomic mass is 9.84. The van der Waals surface area contributed by atoms with Crippen LogP contribution in [0, 0.1) is 11.7 Å². The number of aromatic nitrogens is 3. The van der Waals surface area contributed by atoms with Gasteiger partial charge in [0.15, 0.2) is 9.84 Å². The summed E-state index contributed by atoms with van der Waals surface area (Å²) < 4.78 is 45.5. The van der Waals surface area contributed by atoms with Crippen LogP contribution in [0.5, 0.6) is 0 Å². The number of carbonyl (C=O) groups excluding carboxylic acids is 5. The lowest BCUT2D eigenvalue weighted by Crippen LogP contribution is -2.63. The van der Waals surface area contributed by atoms with E-state index in [0.29, 0.717) is 5.69 Å². The minimum absolute atomic E-state index is 0.0184. The average molecular weight is 746 g/mol. The molecule has 0 bridgehead atoms. The summed E-state index contributed by atoms with van der Waals surface area (Å²) in [7, 11) is -3.92. The van der Waals surface area contributed by atoms with E-state index in [2.05, 4.69) is 20.6 Å². The maximum atomic E-state index is 14.8. The van der Waals surface area contributed by atoms with Crippen LogP contribution in [0.3, 0.4) is 0 Å². The van der Waals surface area contributed by atoms with Crippen LogP contribution in [0.15, 0.2) is 34.3 Å². The number of ketones is 1. The van der Waals surface area contributed by atoms with Crippen molar-refractivity contribution < 1.29 is 46.6 Å². The van der Waals surface area contributed by atoms with Gasteiger partial charge in [-0.3, -0.25) is 24.0 Å². The molecule has 2 atom stereocenters. The number of benzene rings is 1. The molecular formula is C34H44FN7O9S. The number of rotatable bonds is 11. The van der Waals surface area contributed by atoms with Gasteiger partial charge >= 0.3 is 0 Å². The van der Waals surface area contributed by atoms with E-state index < -0.39 is 73.2 Å². The highest BCUT2D eigenvalue weighted by atomic mass is 32.2. The maximum absolute atomic E-state index is 14.8. The molecule has 282 valence electrons. The number of amides is 4. The highest BCUT2D eigenvalue weighted by Crippen LogP contribution is 2.34. The van der Waals surface area contributed by atoms with Gasteiger partial charge in [0, 0.05) is 50.8 Å². The molecule has 2 saturated heterocycles. The first-order valence-corrected chi connectivity index (χ1v) is 19.1. The molecule has 0 spiro atoms. The summed E-state index contributed by atoms with van der Waals surface area (Å²) in [5.74, 6) is -5.92. The standard InChI is InChI=1S/C34H44FN7O9S/c1-33(2,48)27-18-37-40-42(27)22-17-25(31(46)39-34(28(43)29(36)44)11-13-51-14-12-34)41(19-22)32(47)24(15-20-7-5-4-6-8-20)38-30(45)21-9-10-26(23(35)16-21)52(3,49)50/h9-10,16,18,20,22,25,48H,4-8,11-15,17,19H2,1-3H3,(H2,36,44)(H,39,46)/b38-24+/t22-,25-/m0/s1. The largest absolute Gasteiger partial charge is 0.384 e. The second-order valence-corrected chi connectivity index (χ2v) is 16.3. The Morgan fingerprint density at radius 3 is 2.40 bits per heavy atom. The fourth-order valence-electron chi connectivity index (χ4n) is 7.23. The Kier molecular flexibility index (Phi) is 11.4. The van der Waals surface area contributed by atoms with Crippen LogP contribution in [0.2, 0.25) is 0 Å². The van der Waals surface area contributed by atoms with Crippen molar-refractivity contribution in [2.24, 2.45) is 16.6 Å². The van der Waals surface area contributed by atoms with Crippen molar-refractivity contribution in [1.82, 2.24) is 25.2 Å². The molecule has 0 radical (unpaired) electrons. The van der Waals surface area contributed by atoms with E-state index in [0.717, 1.165) is 56.6 Å². The molecule has 3 heterocycles. The van der Waals surface area contributed by atoms with E-state index in [4.69, 9.17) is 10.5 Å². The smallest absolute Gasteiger partial charge is 0.287 e. The van der Waals surface area contributed by atoms with Gasteiger partial charge in [-0.25, -0.2) is 22.5 Å². The van der Waals surface area contributed by atoms with Crippen molar-refractivity contribution in [3.63, 3.8) is 0 Å². The van der Waals surface area contributed by atoms with E-state index in [1.165, 1.54) is 29.6 Å². The number of nitrogens with two attached hydrogens (primary N) is 1. The zero-order chi connectivity index (χ0) is 38.0. The first-order valence-electron chi connectivity index (χ1n) is 17.2. The number of likely N-dealkylation sites (tertiary alicyclic amines) is 1. The summed E-state index contributed by atoms with van der Waals surface area (Å²) in [4.78, 5) is 72.3. The van der Waals surface area contributed by atoms with E-state index in [1.54, 1.807) is 0 Å². The predicted molar refractivity (Wildman–Crippen MR) is 182 cm³/mol. The molecule has 5 rings (SSSR count). The fourth-order valence-corrected chi connectivity index (χ4v) is 7.96. The van der Waals surface area contributed by atoms with E-state index >= 15 is 0 Å². The third kappa shape index (κ3) is 8.44. The minimum Gasteiger partial charge on any atom is -0.384 e. The number of aliphatic imine (C=N–C) groups is 1. The van der Waals surface area contributed by atoms with Crippen LogP contribution in [0.4, 0.5) is 4.39 Å². The summed E-state index contributed by atoms with van der Waals surface area (Å²) >= 11 is 0. The number of carbonyl (C=O) groups is 5. The van der Waals surface area contributed by atoms with Crippen LogP contribution in [0.1, 0.15) is 93.7 Å². The van der Waals surface area contributed by atoms with Gasteiger partial charge < -0.3 is 25.8 Å². The molecule has 52 heavy (non-hydrogen) atoms. The summed E-state index contributed by atoms with van der Waals surface area (Å²) in [6.45, 7) is 3.05. The van der Waals surface area contributed by atoms with Crippen LogP contribution in [-0.4, -0.2) is 106 Å². The summed E-state index contributed by atoms with van der Waals surface area (Å²) in [6.07, 6.45) is 6.49. The molecule has 0 unspecified atom stereocenters. The lowest BCUT2D eigenvalue weighted by Gasteiger charge is -2.37. The average Bonchev–Trinajstić information content (AvgIpc) is 3.76. The lowest BCUT2D eigenvalue weighted by molar-refractivity contribution is -0.146. The number of ether oxygens (including phenoxy) is 1. The molecule has 2 aliphatic heterocycles. The normalized spacial score (nSPS) is 21.5. The van der Waals surface area contributed by atoms with Gasteiger partial charge in [-0.15, -0.1) is 5.10 Å². The molecule has 3 fully saturated rings. The quantitative estimate of drug-likeness (QED) is 0.218. The molecule has 1 aromatic carbocycles. The number of hydrogen-bond acceptors (Lipinski definition) is 11. The van der Waals surface area contributed by atoms with Crippen LogP contribution in [-0.2, 0) is 39.4 Å². The van der Waals surface area contributed by atoms with Crippen molar-refractivity contribution in [2.45, 2.75) is 99.8 Å². The van der Waals surface area contributed by atoms with Crippen LogP contribution >= 0.6 is 0 Å². The number of hydrogen-bond donors (Lipinski definition) is 3. The highest BCUT2D eigenvalue weighted by molar-refractivity contribution is 7.90. The second-order valence-electron chi connectivity index (χ2n) is 14.4. The molecule has 4 amide bonds. The highest BCUT2D eigenvalue weighted by Gasteiger charge is 2.49. The third-order valence-electron chi connectivity index (χ3n) is 10.0. The summed E-state index contributed by atoms with van der Waals surface area (Å²) in [6, 6.07) is 0.848. The molecule has 1 aromatic heterocycles. The molecule has 3 aliphatic rings. The Bertz CT molecular complexity index is 1880. The maximum Gasteiger partial charge on any atom is 0.287 e. The first-order chi connectivity index (χ1) is 24.4. The molecule has 16 nitrogen and oxygen atoms in total. The molecule has 18 heteroatoms. The van der Waals surface area contributed by atoms with Gasteiger partial charge in [0.05, 0.1) is 17.9 Å². The number of nitrogens with zero attached hydrogens (tertiary/aromatic N) is 5. The van der Waals surface area contributed by atoms with Gasteiger partial charge in [-0.05, 0) is 44.4 Å². The number of sulfone groups is 1. The zero-order valence-electron chi connectivity index (χ0n) is 29.3. The summed E-state index contributed by atoms with van der Waals surface area (Å²) in [5.41, 5.74) is 2.15. The topological polar surface area (TPSA) is 233 Å². The van der Waals surface area contributed by atoms with Crippen molar-refractivity contribution in [3.05, 3.63) is 41.5 Å². The first kappa shape index (κ1) is 38.8. The Morgan fingerprint density at radius 2 is 1.81 bits per heavy atom. The van der Waals surface area contributed by atoms with Crippen molar-refractivity contribution >= 4 is 45.0 Å². The molecule has 1 saturated carbocycles. The van der Waals surface area contributed by atoms with Gasteiger partial charge in [0.25, 0.3) is 17.7 Å². The predicted octanol–water partition coefficient (Wildman–Crippen LogP) is 1.16. The molecule has 2 aromatic rings. The molecule has 4 N–H and O–H groups in total. The Hall–Kier alpha value is -4.42.